The van der Waals surface area contributed by atoms with Gasteiger partial charge in [-0.15, -0.1) is 6.58 Å². The molecule has 0 aliphatic heterocycles. The van der Waals surface area contributed by atoms with Gasteiger partial charge in [0.05, 0.1) is 0 Å². The first-order chi connectivity index (χ1) is 7.27. The van der Waals surface area contributed by atoms with Crippen molar-refractivity contribution in [2.24, 2.45) is 5.92 Å². The lowest BCUT2D eigenvalue weighted by molar-refractivity contribution is -0.122. The Morgan fingerprint density at radius 3 is 2.87 bits per heavy atom. The molecule has 2 N–H and O–H groups in total. The zero-order valence-electron chi connectivity index (χ0n) is 9.24. The minimum absolute atomic E-state index is 0.0836. The van der Waals surface area contributed by atoms with E-state index in [9.17, 15) is 9.90 Å². The molecule has 15 heavy (non-hydrogen) atoms. The van der Waals surface area contributed by atoms with E-state index >= 15 is 0 Å². The Morgan fingerprint density at radius 1 is 1.47 bits per heavy atom. The molecule has 0 heterocycles. The third-order valence-corrected chi connectivity index (χ3v) is 3.07. The standard InChI is InChI=1S/C12H21NO2/c1-2-3-8-12(15)13-11-7-5-4-6-10(11)9-14/h2,10-11,14H,1,3-9H2,(H,13,15)/t10-,11-/m0/s1. The van der Waals surface area contributed by atoms with Crippen molar-refractivity contribution in [3.63, 3.8) is 0 Å². The number of nitrogens with one attached hydrogen (secondary N) is 1. The van der Waals surface area contributed by atoms with E-state index in [2.05, 4.69) is 11.9 Å². The highest BCUT2D eigenvalue weighted by atomic mass is 16.3. The van der Waals surface area contributed by atoms with Gasteiger partial charge < -0.3 is 10.4 Å². The van der Waals surface area contributed by atoms with Gasteiger partial charge in [-0.05, 0) is 19.3 Å². The molecule has 0 aromatic carbocycles. The molecule has 0 aromatic rings. The predicted octanol–water partition coefficient (Wildman–Crippen LogP) is 1.62. The summed E-state index contributed by atoms with van der Waals surface area (Å²) in [5, 5.41) is 12.2. The first-order valence-corrected chi connectivity index (χ1v) is 5.79. The zero-order chi connectivity index (χ0) is 11.1. The van der Waals surface area contributed by atoms with E-state index in [4.69, 9.17) is 0 Å². The van der Waals surface area contributed by atoms with Crippen molar-refractivity contribution >= 4 is 5.91 Å². The Labute approximate surface area is 91.6 Å². The summed E-state index contributed by atoms with van der Waals surface area (Å²) < 4.78 is 0. The van der Waals surface area contributed by atoms with Crippen LogP contribution in [0.2, 0.25) is 0 Å². The van der Waals surface area contributed by atoms with Gasteiger partial charge >= 0.3 is 0 Å². The molecule has 1 fully saturated rings. The summed E-state index contributed by atoms with van der Waals surface area (Å²) in [7, 11) is 0. The molecule has 3 nitrogen and oxygen atoms in total. The van der Waals surface area contributed by atoms with Gasteiger partial charge in [-0.25, -0.2) is 0 Å². The smallest absolute Gasteiger partial charge is 0.220 e. The topological polar surface area (TPSA) is 49.3 Å². The zero-order valence-corrected chi connectivity index (χ0v) is 9.24. The van der Waals surface area contributed by atoms with Gasteiger partial charge in [-0.3, -0.25) is 4.79 Å². The van der Waals surface area contributed by atoms with E-state index < -0.39 is 0 Å². The third-order valence-electron chi connectivity index (χ3n) is 3.07. The normalized spacial score (nSPS) is 25.9. The Balaban J connectivity index is 2.33. The van der Waals surface area contributed by atoms with Crippen LogP contribution < -0.4 is 5.32 Å². The van der Waals surface area contributed by atoms with Crippen molar-refractivity contribution in [1.29, 1.82) is 0 Å². The molecule has 3 heteroatoms. The number of carbonyl (C=O) groups is 1. The number of hydrogen-bond donors (Lipinski definition) is 2. The predicted molar refractivity (Wildman–Crippen MR) is 60.4 cm³/mol. The van der Waals surface area contributed by atoms with Crippen molar-refractivity contribution in [2.75, 3.05) is 6.61 Å². The Bertz CT molecular complexity index is 216. The summed E-state index contributed by atoms with van der Waals surface area (Å²) in [6.45, 7) is 3.78. The highest BCUT2D eigenvalue weighted by molar-refractivity contribution is 5.76. The number of amides is 1. The van der Waals surface area contributed by atoms with E-state index in [0.29, 0.717) is 6.42 Å². The van der Waals surface area contributed by atoms with E-state index in [-0.39, 0.29) is 24.5 Å². The van der Waals surface area contributed by atoms with E-state index in [1.807, 2.05) is 0 Å². The first-order valence-electron chi connectivity index (χ1n) is 5.79. The maximum atomic E-state index is 11.5. The molecule has 2 atom stereocenters. The van der Waals surface area contributed by atoms with Crippen LogP contribution >= 0.6 is 0 Å². The number of aliphatic hydroxyl groups is 1. The van der Waals surface area contributed by atoms with E-state index in [1.165, 1.54) is 6.42 Å². The summed E-state index contributed by atoms with van der Waals surface area (Å²) in [6.07, 6.45) is 7.35. The summed E-state index contributed by atoms with van der Waals surface area (Å²) >= 11 is 0. The number of hydrogen-bond acceptors (Lipinski definition) is 2. The summed E-state index contributed by atoms with van der Waals surface area (Å²) in [4.78, 5) is 11.5. The van der Waals surface area contributed by atoms with Gasteiger partial charge in [0.2, 0.25) is 5.91 Å². The lowest BCUT2D eigenvalue weighted by atomic mass is 9.85. The molecule has 86 valence electrons. The van der Waals surface area contributed by atoms with Crippen LogP contribution in [0.3, 0.4) is 0 Å². The summed E-state index contributed by atoms with van der Waals surface area (Å²) in [5.41, 5.74) is 0. The summed E-state index contributed by atoms with van der Waals surface area (Å²) in [5.74, 6) is 0.340. The molecule has 1 rings (SSSR count). The Morgan fingerprint density at radius 2 is 2.20 bits per heavy atom. The van der Waals surface area contributed by atoms with Crippen molar-refractivity contribution in [1.82, 2.24) is 5.32 Å². The molecule has 0 aromatic heterocycles. The lowest BCUT2D eigenvalue weighted by Gasteiger charge is -2.30. The van der Waals surface area contributed by atoms with E-state index in [1.54, 1.807) is 6.08 Å². The molecule has 0 bridgehead atoms. The molecule has 1 aliphatic rings. The van der Waals surface area contributed by atoms with Gasteiger partial charge in [0.1, 0.15) is 0 Å². The largest absolute Gasteiger partial charge is 0.396 e. The second-order valence-corrected chi connectivity index (χ2v) is 4.23. The van der Waals surface area contributed by atoms with Crippen LogP contribution in [0.5, 0.6) is 0 Å². The quantitative estimate of drug-likeness (QED) is 0.679. The maximum absolute atomic E-state index is 11.5. The highest BCUT2D eigenvalue weighted by Gasteiger charge is 2.25. The summed E-state index contributed by atoms with van der Waals surface area (Å²) in [6, 6.07) is 0.182. The first kappa shape index (κ1) is 12.2. The van der Waals surface area contributed by atoms with E-state index in [0.717, 1.165) is 25.7 Å². The average Bonchev–Trinajstić information content (AvgIpc) is 2.27. The van der Waals surface area contributed by atoms with Crippen LogP contribution in [-0.2, 0) is 4.79 Å². The highest BCUT2D eigenvalue weighted by Crippen LogP contribution is 2.23. The molecule has 1 saturated carbocycles. The number of aliphatic hydroxyl groups excluding tert-OH is 1. The Kier molecular flexibility index (Phi) is 5.40. The van der Waals surface area contributed by atoms with Crippen molar-refractivity contribution < 1.29 is 9.90 Å². The molecule has 0 spiro atoms. The lowest BCUT2D eigenvalue weighted by Crippen LogP contribution is -2.43. The van der Waals surface area contributed by atoms with Crippen LogP contribution in [0.4, 0.5) is 0 Å². The molecule has 1 amide bonds. The monoisotopic (exact) mass is 211 g/mol. The van der Waals surface area contributed by atoms with Gasteiger partial charge in [0, 0.05) is 25.0 Å². The molecular weight excluding hydrogens is 190 g/mol. The molecular formula is C12H21NO2. The molecule has 1 aliphatic carbocycles. The van der Waals surface area contributed by atoms with Crippen LogP contribution in [-0.4, -0.2) is 23.7 Å². The van der Waals surface area contributed by atoms with Crippen molar-refractivity contribution in [2.45, 2.75) is 44.6 Å². The third kappa shape index (κ3) is 4.04. The van der Waals surface area contributed by atoms with Crippen molar-refractivity contribution in [3.8, 4) is 0 Å². The fraction of sp³-hybridized carbons (Fsp3) is 0.750. The van der Waals surface area contributed by atoms with Gasteiger partial charge in [-0.2, -0.15) is 0 Å². The van der Waals surface area contributed by atoms with Gasteiger partial charge in [-0.1, -0.05) is 18.9 Å². The fourth-order valence-corrected chi connectivity index (χ4v) is 2.13. The number of rotatable bonds is 5. The van der Waals surface area contributed by atoms with Crippen LogP contribution in [0.1, 0.15) is 38.5 Å². The maximum Gasteiger partial charge on any atom is 0.220 e. The van der Waals surface area contributed by atoms with Crippen LogP contribution in [0, 0.1) is 5.92 Å². The second kappa shape index (κ2) is 6.62. The minimum Gasteiger partial charge on any atom is -0.396 e. The number of carbonyl (C=O) groups excluding carboxylic acids is 1. The van der Waals surface area contributed by atoms with Crippen LogP contribution in [0.25, 0.3) is 0 Å². The second-order valence-electron chi connectivity index (χ2n) is 4.23. The Hall–Kier alpha value is -0.830. The van der Waals surface area contributed by atoms with Crippen LogP contribution in [0.15, 0.2) is 12.7 Å². The van der Waals surface area contributed by atoms with Crippen molar-refractivity contribution in [3.05, 3.63) is 12.7 Å². The molecule has 0 unspecified atom stereocenters. The fourth-order valence-electron chi connectivity index (χ4n) is 2.13. The average molecular weight is 211 g/mol. The van der Waals surface area contributed by atoms with Gasteiger partial charge in [0.15, 0.2) is 0 Å². The molecule has 0 saturated heterocycles. The SMILES string of the molecule is C=CCCC(=O)N[C@H]1CCCC[C@H]1CO. The van der Waals surface area contributed by atoms with Gasteiger partial charge in [0.25, 0.3) is 0 Å². The number of allylic oxidation sites excluding steroid dienone is 1. The molecule has 0 radical (unpaired) electrons. The minimum atomic E-state index is 0.0836.